The van der Waals surface area contributed by atoms with E-state index in [1.165, 1.54) is 16.7 Å². The van der Waals surface area contributed by atoms with E-state index in [1.54, 1.807) is 49.4 Å². The number of alkyl halides is 3. The van der Waals surface area contributed by atoms with Gasteiger partial charge in [0.2, 0.25) is 5.88 Å². The van der Waals surface area contributed by atoms with Gasteiger partial charge in [0.15, 0.2) is 0 Å². The van der Waals surface area contributed by atoms with Gasteiger partial charge < -0.3 is 10.1 Å². The predicted molar refractivity (Wildman–Crippen MR) is 131 cm³/mol. The van der Waals surface area contributed by atoms with E-state index in [2.05, 4.69) is 10.3 Å². The zero-order chi connectivity index (χ0) is 26.7. The average Bonchev–Trinajstić information content (AvgIpc) is 2.85. The molecule has 37 heavy (non-hydrogen) atoms. The van der Waals surface area contributed by atoms with Gasteiger partial charge in [0.1, 0.15) is 28.6 Å². The topological polar surface area (TPSA) is 96.5 Å². The zero-order valence-electron chi connectivity index (χ0n) is 19.0. The largest absolute Gasteiger partial charge is 0.438 e. The molecule has 11 heteroatoms. The Morgan fingerprint density at radius 3 is 2.57 bits per heavy atom. The summed E-state index contributed by atoms with van der Waals surface area (Å²) in [6, 6.07) is 15.2. The van der Waals surface area contributed by atoms with Crippen LogP contribution in [-0.2, 0) is 11.0 Å². The summed E-state index contributed by atoms with van der Waals surface area (Å²) in [6.07, 6.45) is -2.17. The number of hydrogen-bond acceptors (Lipinski definition) is 5. The molecule has 0 fully saturated rings. The van der Waals surface area contributed by atoms with Crippen LogP contribution in [0.3, 0.4) is 0 Å². The number of benzene rings is 2. The number of nitrogens with one attached hydrogen (secondary N) is 1. The molecule has 0 spiro atoms. The number of nitrogens with zero attached hydrogens (tertiary/aromatic N) is 3. The average molecular weight is 525 g/mol. The Kier molecular flexibility index (Phi) is 7.00. The molecule has 186 valence electrons. The van der Waals surface area contributed by atoms with Gasteiger partial charge in [0, 0.05) is 16.9 Å². The molecular weight excluding hydrogens is 509 g/mol. The molecule has 0 aliphatic heterocycles. The van der Waals surface area contributed by atoms with E-state index in [0.29, 0.717) is 16.2 Å². The van der Waals surface area contributed by atoms with Crippen molar-refractivity contribution in [2.24, 2.45) is 0 Å². The molecular formula is C26H16ClF3N4O3. The summed E-state index contributed by atoms with van der Waals surface area (Å²) in [5.74, 6) is -0.912. The van der Waals surface area contributed by atoms with E-state index in [1.807, 2.05) is 0 Å². The number of rotatable bonds is 5. The number of hydrogen-bond donors (Lipinski definition) is 1. The summed E-state index contributed by atoms with van der Waals surface area (Å²) in [4.78, 5) is 30.5. The van der Waals surface area contributed by atoms with E-state index in [-0.39, 0.29) is 22.9 Å². The van der Waals surface area contributed by atoms with Crippen molar-refractivity contribution in [2.75, 3.05) is 5.32 Å². The second-order valence-electron chi connectivity index (χ2n) is 7.78. The molecule has 2 aromatic heterocycles. The van der Waals surface area contributed by atoms with Crippen molar-refractivity contribution in [3.63, 3.8) is 0 Å². The van der Waals surface area contributed by atoms with E-state index in [9.17, 15) is 28.0 Å². The first-order chi connectivity index (χ1) is 17.6. The van der Waals surface area contributed by atoms with E-state index in [4.69, 9.17) is 16.3 Å². The summed E-state index contributed by atoms with van der Waals surface area (Å²) in [5, 5.41) is 12.3. The normalized spacial score (nSPS) is 11.7. The molecule has 0 bridgehead atoms. The zero-order valence-corrected chi connectivity index (χ0v) is 19.8. The number of halogens is 4. The molecule has 0 saturated heterocycles. The van der Waals surface area contributed by atoms with Gasteiger partial charge in [-0.1, -0.05) is 23.7 Å². The lowest BCUT2D eigenvalue weighted by Gasteiger charge is -2.12. The van der Waals surface area contributed by atoms with E-state index >= 15 is 0 Å². The number of ether oxygens (including phenoxy) is 1. The molecule has 0 aliphatic carbocycles. The van der Waals surface area contributed by atoms with Crippen molar-refractivity contribution >= 4 is 34.9 Å². The highest BCUT2D eigenvalue weighted by Crippen LogP contribution is 2.31. The third kappa shape index (κ3) is 5.63. The van der Waals surface area contributed by atoms with Crippen LogP contribution in [0.25, 0.3) is 11.7 Å². The highest BCUT2D eigenvalue weighted by molar-refractivity contribution is 6.30. The Morgan fingerprint density at radius 1 is 1.16 bits per heavy atom. The minimum Gasteiger partial charge on any atom is -0.438 e. The van der Waals surface area contributed by atoms with Crippen molar-refractivity contribution in [1.82, 2.24) is 9.38 Å². The lowest BCUT2D eigenvalue weighted by molar-refractivity contribution is -0.137. The van der Waals surface area contributed by atoms with Crippen LogP contribution < -0.4 is 15.6 Å². The Morgan fingerprint density at radius 2 is 1.89 bits per heavy atom. The van der Waals surface area contributed by atoms with Gasteiger partial charge in [0.25, 0.3) is 11.5 Å². The van der Waals surface area contributed by atoms with Crippen LogP contribution in [0.1, 0.15) is 16.7 Å². The number of aromatic nitrogens is 2. The minimum absolute atomic E-state index is 0.178. The van der Waals surface area contributed by atoms with Gasteiger partial charge in [-0.3, -0.25) is 14.0 Å². The van der Waals surface area contributed by atoms with Crippen LogP contribution in [0, 0.1) is 18.3 Å². The fraction of sp³-hybridized carbons (Fsp3) is 0.0769. The summed E-state index contributed by atoms with van der Waals surface area (Å²) in [5.41, 5.74) is -1.59. The van der Waals surface area contributed by atoms with Crippen molar-refractivity contribution in [2.45, 2.75) is 13.1 Å². The van der Waals surface area contributed by atoms with E-state index < -0.39 is 28.8 Å². The third-order valence-corrected chi connectivity index (χ3v) is 5.43. The highest BCUT2D eigenvalue weighted by atomic mass is 35.5. The van der Waals surface area contributed by atoms with Gasteiger partial charge in [-0.05, 0) is 67.1 Å². The maximum atomic E-state index is 13.3. The summed E-state index contributed by atoms with van der Waals surface area (Å²) >= 11 is 5.92. The van der Waals surface area contributed by atoms with E-state index in [0.717, 1.165) is 24.3 Å². The first kappa shape index (κ1) is 25.5. The maximum Gasteiger partial charge on any atom is 0.416 e. The van der Waals surface area contributed by atoms with Gasteiger partial charge in [0.05, 0.1) is 5.56 Å². The fourth-order valence-electron chi connectivity index (χ4n) is 3.37. The van der Waals surface area contributed by atoms with Crippen LogP contribution in [0.15, 0.2) is 77.2 Å². The number of carbonyl (C=O) groups excluding carboxylic acids is 1. The molecule has 0 unspecified atom stereocenters. The lowest BCUT2D eigenvalue weighted by Crippen LogP contribution is -2.21. The van der Waals surface area contributed by atoms with Gasteiger partial charge in [-0.25, -0.2) is 0 Å². The predicted octanol–water partition coefficient (Wildman–Crippen LogP) is 6.01. The number of pyridine rings is 1. The number of anilines is 1. The molecule has 4 rings (SSSR count). The van der Waals surface area contributed by atoms with Crippen LogP contribution >= 0.6 is 11.6 Å². The minimum atomic E-state index is -4.62. The number of aryl methyl sites for hydroxylation is 1. The summed E-state index contributed by atoms with van der Waals surface area (Å²) < 4.78 is 46.1. The molecule has 0 atom stereocenters. The highest BCUT2D eigenvalue weighted by Gasteiger charge is 2.30. The van der Waals surface area contributed by atoms with Crippen LogP contribution in [0.4, 0.5) is 18.9 Å². The first-order valence-electron chi connectivity index (χ1n) is 10.6. The molecule has 1 amide bonds. The van der Waals surface area contributed by atoms with Crippen LogP contribution in [-0.4, -0.2) is 15.3 Å². The summed E-state index contributed by atoms with van der Waals surface area (Å²) in [7, 11) is 0. The van der Waals surface area contributed by atoms with Crippen molar-refractivity contribution in [1.29, 1.82) is 5.26 Å². The van der Waals surface area contributed by atoms with Crippen molar-refractivity contribution in [3.05, 3.63) is 105 Å². The number of nitriles is 1. The molecule has 2 aromatic carbocycles. The van der Waals surface area contributed by atoms with Crippen LogP contribution in [0.2, 0.25) is 5.02 Å². The second kappa shape index (κ2) is 10.2. The Labute approximate surface area is 213 Å². The standard InChI is InChI=1S/C26H16ClF3N4O3/c1-15-4-3-11-34-22(15)33-24(37-20-9-7-18(27)8-10-20)21(25(34)36)12-16(14-31)23(35)32-19-6-2-5-17(13-19)26(28,29)30/h2-13H,1H3,(H,32,35)/b16-12-. The Hall–Kier alpha value is -4.62. The fourth-order valence-corrected chi connectivity index (χ4v) is 3.50. The molecule has 4 aromatic rings. The molecule has 0 aliphatic rings. The maximum absolute atomic E-state index is 13.3. The number of fused-ring (bicyclic) bond motifs is 1. The van der Waals surface area contributed by atoms with Gasteiger partial charge in [-0.15, -0.1) is 0 Å². The number of carbonyl (C=O) groups is 1. The molecule has 0 saturated carbocycles. The number of amides is 1. The molecule has 1 N–H and O–H groups in total. The van der Waals surface area contributed by atoms with Crippen LogP contribution in [0.5, 0.6) is 11.6 Å². The molecule has 2 heterocycles. The smallest absolute Gasteiger partial charge is 0.416 e. The van der Waals surface area contributed by atoms with Crippen molar-refractivity contribution < 1.29 is 22.7 Å². The molecule has 7 nitrogen and oxygen atoms in total. The van der Waals surface area contributed by atoms with Gasteiger partial charge in [-0.2, -0.15) is 23.4 Å². The third-order valence-electron chi connectivity index (χ3n) is 5.18. The first-order valence-corrected chi connectivity index (χ1v) is 11.0. The monoisotopic (exact) mass is 524 g/mol. The molecule has 0 radical (unpaired) electrons. The van der Waals surface area contributed by atoms with Crippen molar-refractivity contribution in [3.8, 4) is 17.7 Å². The van der Waals surface area contributed by atoms with Gasteiger partial charge >= 0.3 is 6.18 Å². The second-order valence-corrected chi connectivity index (χ2v) is 8.22. The lowest BCUT2D eigenvalue weighted by atomic mass is 10.1. The summed E-state index contributed by atoms with van der Waals surface area (Å²) in [6.45, 7) is 1.74. The Bertz CT molecular complexity index is 1640. The Balaban J connectivity index is 1.79. The quantitative estimate of drug-likeness (QED) is 0.255. The SMILES string of the molecule is Cc1cccn2c(=O)c(/C=C(/C#N)C(=O)Nc3cccc(C(F)(F)F)c3)c(Oc3ccc(Cl)cc3)nc12.